The van der Waals surface area contributed by atoms with Crippen molar-refractivity contribution >= 4 is 11.0 Å². The van der Waals surface area contributed by atoms with Crippen LogP contribution >= 0.6 is 0 Å². The van der Waals surface area contributed by atoms with Gasteiger partial charge in [-0.1, -0.05) is 13.0 Å². The molecule has 3 rings (SSSR count). The van der Waals surface area contributed by atoms with Gasteiger partial charge < -0.3 is 9.73 Å². The lowest BCUT2D eigenvalue weighted by Gasteiger charge is -2.08. The Morgan fingerprint density at radius 3 is 2.64 bits per heavy atom. The molecule has 0 aliphatic heterocycles. The number of hydrogen-bond acceptors (Lipinski definition) is 4. The van der Waals surface area contributed by atoms with Gasteiger partial charge in [0.05, 0.1) is 0 Å². The van der Waals surface area contributed by atoms with E-state index in [9.17, 15) is 4.79 Å². The number of pyridine rings is 1. The van der Waals surface area contributed by atoms with Crippen LogP contribution in [0.5, 0.6) is 0 Å². The number of rotatable bonds is 5. The summed E-state index contributed by atoms with van der Waals surface area (Å²) in [5, 5.41) is 4.37. The van der Waals surface area contributed by atoms with Crippen molar-refractivity contribution < 1.29 is 4.42 Å². The SMILES string of the molecule is CCc1ccc2oc(=O)cc(CNCc3ccncc3)c2c1. The number of benzene rings is 1. The molecule has 3 aromatic rings. The number of aryl methyl sites for hydroxylation is 1. The van der Waals surface area contributed by atoms with Crippen molar-refractivity contribution in [2.75, 3.05) is 0 Å². The second-order valence-electron chi connectivity index (χ2n) is 5.23. The Labute approximate surface area is 128 Å². The molecule has 4 heteroatoms. The van der Waals surface area contributed by atoms with Crippen LogP contribution in [0.2, 0.25) is 0 Å². The maximum absolute atomic E-state index is 11.7. The number of aromatic nitrogens is 1. The molecule has 2 aromatic heterocycles. The van der Waals surface area contributed by atoms with Crippen LogP contribution in [0, 0.1) is 0 Å². The summed E-state index contributed by atoms with van der Waals surface area (Å²) in [6.07, 6.45) is 4.51. The number of fused-ring (bicyclic) bond motifs is 1. The van der Waals surface area contributed by atoms with Crippen molar-refractivity contribution in [2.45, 2.75) is 26.4 Å². The minimum Gasteiger partial charge on any atom is -0.423 e. The van der Waals surface area contributed by atoms with Crippen LogP contribution in [-0.2, 0) is 19.5 Å². The number of nitrogens with one attached hydrogen (secondary N) is 1. The molecule has 0 fully saturated rings. The Balaban J connectivity index is 1.84. The fourth-order valence-corrected chi connectivity index (χ4v) is 2.48. The normalized spacial score (nSPS) is 11.0. The maximum atomic E-state index is 11.7. The molecule has 1 N–H and O–H groups in total. The molecule has 112 valence electrons. The van der Waals surface area contributed by atoms with E-state index in [4.69, 9.17) is 4.42 Å². The van der Waals surface area contributed by atoms with Crippen molar-refractivity contribution in [1.29, 1.82) is 0 Å². The first-order valence-corrected chi connectivity index (χ1v) is 7.41. The molecule has 22 heavy (non-hydrogen) atoms. The highest BCUT2D eigenvalue weighted by atomic mass is 16.4. The van der Waals surface area contributed by atoms with E-state index in [1.807, 2.05) is 24.3 Å². The predicted octanol–water partition coefficient (Wildman–Crippen LogP) is 3.04. The number of nitrogens with zero attached hydrogens (tertiary/aromatic N) is 1. The third-order valence-corrected chi connectivity index (χ3v) is 3.69. The van der Waals surface area contributed by atoms with Crippen LogP contribution in [0.1, 0.15) is 23.6 Å². The van der Waals surface area contributed by atoms with Gasteiger partial charge in [0.25, 0.3) is 0 Å². The van der Waals surface area contributed by atoms with E-state index in [1.165, 1.54) is 5.56 Å². The zero-order chi connectivity index (χ0) is 15.4. The van der Waals surface area contributed by atoms with Gasteiger partial charge in [-0.25, -0.2) is 4.79 Å². The quantitative estimate of drug-likeness (QED) is 0.735. The average molecular weight is 294 g/mol. The molecular weight excluding hydrogens is 276 g/mol. The van der Waals surface area contributed by atoms with E-state index < -0.39 is 0 Å². The fourth-order valence-electron chi connectivity index (χ4n) is 2.48. The molecule has 0 saturated heterocycles. The second kappa shape index (κ2) is 6.54. The molecule has 2 heterocycles. The third-order valence-electron chi connectivity index (χ3n) is 3.69. The minimum atomic E-state index is -0.308. The van der Waals surface area contributed by atoms with Crippen LogP contribution in [-0.4, -0.2) is 4.98 Å². The summed E-state index contributed by atoms with van der Waals surface area (Å²) in [5.74, 6) is 0. The molecule has 0 atom stereocenters. The molecule has 4 nitrogen and oxygen atoms in total. The van der Waals surface area contributed by atoms with Crippen LogP contribution in [0.3, 0.4) is 0 Å². The van der Waals surface area contributed by atoms with Crippen molar-refractivity contribution in [2.24, 2.45) is 0 Å². The third kappa shape index (κ3) is 3.23. The fraction of sp³-hybridized carbons (Fsp3) is 0.222. The van der Waals surface area contributed by atoms with E-state index in [-0.39, 0.29) is 5.63 Å². The van der Waals surface area contributed by atoms with Crippen LogP contribution in [0.15, 0.2) is 58.0 Å². The molecular formula is C18H18N2O2. The van der Waals surface area contributed by atoms with E-state index in [1.54, 1.807) is 18.5 Å². The first-order chi connectivity index (χ1) is 10.8. The summed E-state index contributed by atoms with van der Waals surface area (Å²) in [7, 11) is 0. The van der Waals surface area contributed by atoms with Gasteiger partial charge in [-0.3, -0.25) is 4.98 Å². The monoisotopic (exact) mass is 294 g/mol. The summed E-state index contributed by atoms with van der Waals surface area (Å²) in [6, 6.07) is 11.5. The van der Waals surface area contributed by atoms with Gasteiger partial charge in [0.1, 0.15) is 5.58 Å². The van der Waals surface area contributed by atoms with Gasteiger partial charge in [-0.15, -0.1) is 0 Å². The lowest BCUT2D eigenvalue weighted by molar-refractivity contribution is 0.556. The smallest absolute Gasteiger partial charge is 0.336 e. The zero-order valence-electron chi connectivity index (χ0n) is 12.5. The molecule has 0 unspecified atom stereocenters. The highest BCUT2D eigenvalue weighted by molar-refractivity contribution is 5.80. The first kappa shape index (κ1) is 14.5. The first-order valence-electron chi connectivity index (χ1n) is 7.41. The molecule has 0 aliphatic rings. The maximum Gasteiger partial charge on any atom is 0.336 e. The average Bonchev–Trinajstić information content (AvgIpc) is 2.55. The molecule has 0 bridgehead atoms. The van der Waals surface area contributed by atoms with Crippen molar-refractivity contribution in [3.63, 3.8) is 0 Å². The van der Waals surface area contributed by atoms with E-state index in [0.717, 1.165) is 29.5 Å². The lowest BCUT2D eigenvalue weighted by Crippen LogP contribution is -2.14. The zero-order valence-corrected chi connectivity index (χ0v) is 12.5. The van der Waals surface area contributed by atoms with E-state index in [2.05, 4.69) is 23.3 Å². The van der Waals surface area contributed by atoms with Gasteiger partial charge in [-0.05, 0) is 47.4 Å². The van der Waals surface area contributed by atoms with Crippen molar-refractivity contribution in [3.05, 3.63) is 75.9 Å². The van der Waals surface area contributed by atoms with Gasteiger partial charge in [0.2, 0.25) is 0 Å². The molecule has 0 amide bonds. The highest BCUT2D eigenvalue weighted by Crippen LogP contribution is 2.19. The topological polar surface area (TPSA) is 55.1 Å². The Morgan fingerprint density at radius 1 is 1.05 bits per heavy atom. The van der Waals surface area contributed by atoms with Gasteiger partial charge in [0, 0.05) is 36.9 Å². The Morgan fingerprint density at radius 2 is 1.86 bits per heavy atom. The summed E-state index contributed by atoms with van der Waals surface area (Å²) in [4.78, 5) is 15.7. The minimum absolute atomic E-state index is 0.308. The van der Waals surface area contributed by atoms with Gasteiger partial charge >= 0.3 is 5.63 Å². The summed E-state index contributed by atoms with van der Waals surface area (Å²) < 4.78 is 5.27. The van der Waals surface area contributed by atoms with Gasteiger partial charge in [-0.2, -0.15) is 0 Å². The van der Waals surface area contributed by atoms with Crippen LogP contribution < -0.4 is 10.9 Å². The Hall–Kier alpha value is -2.46. The molecule has 0 aliphatic carbocycles. The van der Waals surface area contributed by atoms with Crippen molar-refractivity contribution in [1.82, 2.24) is 10.3 Å². The summed E-state index contributed by atoms with van der Waals surface area (Å²) >= 11 is 0. The van der Waals surface area contributed by atoms with E-state index >= 15 is 0 Å². The Bertz CT molecular complexity index is 825. The van der Waals surface area contributed by atoms with Crippen molar-refractivity contribution in [3.8, 4) is 0 Å². The van der Waals surface area contributed by atoms with Crippen LogP contribution in [0.4, 0.5) is 0 Å². The van der Waals surface area contributed by atoms with E-state index in [0.29, 0.717) is 12.1 Å². The molecule has 0 saturated carbocycles. The highest BCUT2D eigenvalue weighted by Gasteiger charge is 2.06. The largest absolute Gasteiger partial charge is 0.423 e. The Kier molecular flexibility index (Phi) is 4.30. The molecule has 0 radical (unpaired) electrons. The summed E-state index contributed by atoms with van der Waals surface area (Å²) in [5.41, 5.74) is 3.70. The van der Waals surface area contributed by atoms with Gasteiger partial charge in [0.15, 0.2) is 0 Å². The second-order valence-corrected chi connectivity index (χ2v) is 5.23. The standard InChI is InChI=1S/C18H18N2O2/c1-2-13-3-4-17-16(9-13)15(10-18(21)22-17)12-20-11-14-5-7-19-8-6-14/h3-10,20H,2,11-12H2,1H3. The summed E-state index contributed by atoms with van der Waals surface area (Å²) in [6.45, 7) is 3.47. The molecule has 0 spiro atoms. The van der Waals surface area contributed by atoms with Crippen LogP contribution in [0.25, 0.3) is 11.0 Å². The predicted molar refractivity (Wildman–Crippen MR) is 86.6 cm³/mol. The number of hydrogen-bond donors (Lipinski definition) is 1. The molecule has 1 aromatic carbocycles. The lowest BCUT2D eigenvalue weighted by atomic mass is 10.1.